The Morgan fingerprint density at radius 2 is 2.50 bits per heavy atom. The largest absolute Gasteiger partial charge is 0.477 e. The molecule has 0 saturated carbocycles. The van der Waals surface area contributed by atoms with Gasteiger partial charge in [0.05, 0.1) is 13.2 Å². The van der Waals surface area contributed by atoms with Gasteiger partial charge in [-0.3, -0.25) is 0 Å². The van der Waals surface area contributed by atoms with E-state index in [1.54, 1.807) is 0 Å². The molecule has 0 aromatic carbocycles. The average Bonchev–Trinajstić information content (AvgIpc) is 2.49. The Balaban J connectivity index is 2.02. The molecule has 1 atom stereocenters. The van der Waals surface area contributed by atoms with Crippen molar-refractivity contribution in [3.63, 3.8) is 0 Å². The second-order valence-electron chi connectivity index (χ2n) is 1.89. The molecule has 2 rings (SSSR count). The van der Waals surface area contributed by atoms with Crippen LogP contribution in [-0.2, 0) is 9.47 Å². The fourth-order valence-corrected chi connectivity index (χ4v) is 0.737. The first kappa shape index (κ1) is 4.32. The molecule has 0 bridgehead atoms. The zero-order valence-corrected chi connectivity index (χ0v) is 4.46. The van der Waals surface area contributed by atoms with E-state index in [1.165, 1.54) is 0 Å². The lowest BCUT2D eigenvalue weighted by molar-refractivity contribution is 0.321. The van der Waals surface area contributed by atoms with E-state index < -0.39 is 0 Å². The van der Waals surface area contributed by atoms with E-state index in [9.17, 15) is 0 Å². The number of epoxide rings is 1. The number of ether oxygens (including phenoxy) is 2. The number of rotatable bonds is 1. The van der Waals surface area contributed by atoms with E-state index >= 15 is 0 Å². The van der Waals surface area contributed by atoms with Gasteiger partial charge in [-0.05, 0) is 0 Å². The third-order valence-corrected chi connectivity index (χ3v) is 1.22. The van der Waals surface area contributed by atoms with Crippen molar-refractivity contribution in [2.75, 3.05) is 19.8 Å². The Morgan fingerprint density at radius 1 is 1.62 bits per heavy atom. The SMILES string of the molecule is C1COC(C2CO2)=N1. The van der Waals surface area contributed by atoms with Crippen LogP contribution in [0, 0.1) is 0 Å². The molecule has 0 aromatic rings. The summed E-state index contributed by atoms with van der Waals surface area (Å²) in [6.07, 6.45) is 0.220. The van der Waals surface area contributed by atoms with Gasteiger partial charge in [0, 0.05) is 0 Å². The topological polar surface area (TPSA) is 34.1 Å². The van der Waals surface area contributed by atoms with Gasteiger partial charge in [-0.25, -0.2) is 4.99 Å². The Morgan fingerprint density at radius 3 is 3.00 bits per heavy atom. The minimum absolute atomic E-state index is 0.220. The van der Waals surface area contributed by atoms with Crippen LogP contribution in [0.3, 0.4) is 0 Å². The van der Waals surface area contributed by atoms with Crippen molar-refractivity contribution in [2.24, 2.45) is 4.99 Å². The Bertz CT molecular complexity index is 128. The molecule has 0 N–H and O–H groups in total. The highest BCUT2D eigenvalue weighted by Gasteiger charge is 2.32. The summed E-state index contributed by atoms with van der Waals surface area (Å²) in [6, 6.07) is 0. The maximum atomic E-state index is 5.10. The van der Waals surface area contributed by atoms with Crippen LogP contribution in [0.1, 0.15) is 0 Å². The highest BCUT2D eigenvalue weighted by atomic mass is 16.6. The molecule has 1 saturated heterocycles. The summed E-state index contributed by atoms with van der Waals surface area (Å²) in [4.78, 5) is 4.07. The highest BCUT2D eigenvalue weighted by Crippen LogP contribution is 2.14. The normalized spacial score (nSPS) is 34.0. The molecule has 2 heterocycles. The van der Waals surface area contributed by atoms with Crippen molar-refractivity contribution in [3.8, 4) is 0 Å². The van der Waals surface area contributed by atoms with Gasteiger partial charge in [0.1, 0.15) is 6.61 Å². The van der Waals surface area contributed by atoms with Crippen molar-refractivity contribution in [3.05, 3.63) is 0 Å². The van der Waals surface area contributed by atoms with E-state index in [0.717, 1.165) is 25.7 Å². The van der Waals surface area contributed by atoms with Gasteiger partial charge in [-0.1, -0.05) is 0 Å². The molecule has 1 fully saturated rings. The number of hydrogen-bond acceptors (Lipinski definition) is 3. The lowest BCUT2D eigenvalue weighted by atomic mass is 10.5. The molecule has 3 heteroatoms. The Hall–Kier alpha value is -0.570. The molecule has 0 aromatic heterocycles. The van der Waals surface area contributed by atoms with Gasteiger partial charge in [-0.2, -0.15) is 0 Å². The van der Waals surface area contributed by atoms with E-state index in [2.05, 4.69) is 4.99 Å². The standard InChI is InChI=1S/C5H7NO2/c1-2-7-5(6-1)4-3-8-4/h4H,1-3H2. The smallest absolute Gasteiger partial charge is 0.215 e. The van der Waals surface area contributed by atoms with Crippen LogP contribution >= 0.6 is 0 Å². The lowest BCUT2D eigenvalue weighted by Gasteiger charge is -1.91. The van der Waals surface area contributed by atoms with Crippen molar-refractivity contribution in [1.82, 2.24) is 0 Å². The maximum absolute atomic E-state index is 5.10. The van der Waals surface area contributed by atoms with Crippen LogP contribution in [0.5, 0.6) is 0 Å². The summed E-state index contributed by atoms with van der Waals surface area (Å²) in [5, 5.41) is 0. The monoisotopic (exact) mass is 113 g/mol. The molecule has 0 spiro atoms. The number of nitrogens with zero attached hydrogens (tertiary/aromatic N) is 1. The minimum atomic E-state index is 0.220. The summed E-state index contributed by atoms with van der Waals surface area (Å²) in [6.45, 7) is 2.36. The second kappa shape index (κ2) is 1.45. The Kier molecular flexibility index (Phi) is 0.784. The van der Waals surface area contributed by atoms with E-state index in [1.807, 2.05) is 0 Å². The molecule has 2 aliphatic heterocycles. The molecule has 1 unspecified atom stereocenters. The first-order valence-electron chi connectivity index (χ1n) is 2.75. The minimum Gasteiger partial charge on any atom is -0.477 e. The van der Waals surface area contributed by atoms with E-state index in [-0.39, 0.29) is 6.10 Å². The lowest BCUT2D eigenvalue weighted by Crippen LogP contribution is -2.05. The maximum Gasteiger partial charge on any atom is 0.215 e. The molecule has 2 aliphatic rings. The fraction of sp³-hybridized carbons (Fsp3) is 0.800. The van der Waals surface area contributed by atoms with Crippen LogP contribution < -0.4 is 0 Å². The summed E-state index contributed by atoms with van der Waals surface area (Å²) < 4.78 is 10.0. The molecule has 0 amide bonds. The fourth-order valence-electron chi connectivity index (χ4n) is 0.737. The second-order valence-corrected chi connectivity index (χ2v) is 1.89. The van der Waals surface area contributed by atoms with Crippen molar-refractivity contribution < 1.29 is 9.47 Å². The van der Waals surface area contributed by atoms with Crippen molar-refractivity contribution in [2.45, 2.75) is 6.10 Å². The first-order valence-corrected chi connectivity index (χ1v) is 2.75. The van der Waals surface area contributed by atoms with Crippen molar-refractivity contribution in [1.29, 1.82) is 0 Å². The van der Waals surface area contributed by atoms with Crippen molar-refractivity contribution >= 4 is 5.90 Å². The molecular formula is C5H7NO2. The zero-order valence-electron chi connectivity index (χ0n) is 4.46. The van der Waals surface area contributed by atoms with Crippen LogP contribution in [0.25, 0.3) is 0 Å². The molecule has 44 valence electrons. The molecule has 0 radical (unpaired) electrons. The van der Waals surface area contributed by atoms with E-state index in [4.69, 9.17) is 9.47 Å². The van der Waals surface area contributed by atoms with Gasteiger partial charge in [0.15, 0.2) is 6.10 Å². The van der Waals surface area contributed by atoms with Gasteiger partial charge in [0.2, 0.25) is 5.90 Å². The predicted octanol–water partition coefficient (Wildman–Crippen LogP) is -0.186. The van der Waals surface area contributed by atoms with Gasteiger partial charge in [0.25, 0.3) is 0 Å². The summed E-state index contributed by atoms with van der Waals surface area (Å²) >= 11 is 0. The summed E-state index contributed by atoms with van der Waals surface area (Å²) in [7, 11) is 0. The summed E-state index contributed by atoms with van der Waals surface area (Å²) in [5.74, 6) is 0.810. The van der Waals surface area contributed by atoms with Crippen LogP contribution in [0.2, 0.25) is 0 Å². The van der Waals surface area contributed by atoms with Crippen LogP contribution in [0.15, 0.2) is 4.99 Å². The van der Waals surface area contributed by atoms with Gasteiger partial charge in [-0.15, -0.1) is 0 Å². The highest BCUT2D eigenvalue weighted by molar-refractivity contribution is 5.83. The molecule has 8 heavy (non-hydrogen) atoms. The van der Waals surface area contributed by atoms with Gasteiger partial charge >= 0.3 is 0 Å². The summed E-state index contributed by atoms with van der Waals surface area (Å²) in [5.41, 5.74) is 0. The third-order valence-electron chi connectivity index (χ3n) is 1.22. The average molecular weight is 113 g/mol. The molecule has 3 nitrogen and oxygen atoms in total. The van der Waals surface area contributed by atoms with Crippen LogP contribution in [0.4, 0.5) is 0 Å². The number of aliphatic imine (C=N–C) groups is 1. The quantitative estimate of drug-likeness (QED) is 0.442. The first-order chi connectivity index (χ1) is 3.97. The predicted molar refractivity (Wildman–Crippen MR) is 28.0 cm³/mol. The number of hydrogen-bond donors (Lipinski definition) is 0. The Labute approximate surface area is 47.3 Å². The zero-order chi connectivity index (χ0) is 5.40. The molecule has 0 aliphatic carbocycles. The van der Waals surface area contributed by atoms with E-state index in [0.29, 0.717) is 0 Å². The molecular weight excluding hydrogens is 106 g/mol. The van der Waals surface area contributed by atoms with Gasteiger partial charge < -0.3 is 9.47 Å². The van der Waals surface area contributed by atoms with Crippen LogP contribution in [-0.4, -0.2) is 31.8 Å². The third kappa shape index (κ3) is 0.591.